The summed E-state index contributed by atoms with van der Waals surface area (Å²) in [7, 11) is 2.10. The number of para-hydroxylation sites is 2. The monoisotopic (exact) mass is 439 g/mol. The SMILES string of the molecule is Cn1c(CC2(c3ccccc3)CCN(C(=O)OCc3ccccc3)CC2)nc2ccccc21. The Morgan fingerprint density at radius 1 is 0.909 bits per heavy atom. The van der Waals surface area contributed by atoms with E-state index in [2.05, 4.69) is 60.1 Å². The van der Waals surface area contributed by atoms with Crippen LogP contribution in [-0.4, -0.2) is 33.6 Å². The van der Waals surface area contributed by atoms with Crippen molar-refractivity contribution in [3.05, 3.63) is 102 Å². The maximum Gasteiger partial charge on any atom is 0.410 e. The standard InChI is InChI=1S/C28H29N3O2/c1-30-25-15-9-8-14-24(25)29-26(30)20-28(23-12-6-3-7-13-23)16-18-31(19-17-28)27(32)33-21-22-10-4-2-5-11-22/h2-15H,16-21H2,1H3. The van der Waals surface area contributed by atoms with Gasteiger partial charge in [-0.05, 0) is 36.1 Å². The first-order valence-electron chi connectivity index (χ1n) is 11.6. The molecule has 1 aliphatic heterocycles. The third-order valence-corrected chi connectivity index (χ3v) is 6.95. The number of imidazole rings is 1. The number of benzene rings is 3. The number of carbonyl (C=O) groups is 1. The topological polar surface area (TPSA) is 47.4 Å². The smallest absolute Gasteiger partial charge is 0.410 e. The number of aromatic nitrogens is 2. The Kier molecular flexibility index (Phi) is 5.86. The molecule has 4 aromatic rings. The van der Waals surface area contributed by atoms with E-state index >= 15 is 0 Å². The Morgan fingerprint density at radius 3 is 2.24 bits per heavy atom. The third-order valence-electron chi connectivity index (χ3n) is 6.95. The van der Waals surface area contributed by atoms with E-state index in [1.54, 1.807) is 0 Å². The zero-order valence-corrected chi connectivity index (χ0v) is 19.0. The average Bonchev–Trinajstić information content (AvgIpc) is 3.19. The van der Waals surface area contributed by atoms with E-state index in [4.69, 9.17) is 9.72 Å². The van der Waals surface area contributed by atoms with Gasteiger partial charge in [0, 0.05) is 32.0 Å². The fraction of sp³-hybridized carbons (Fsp3) is 0.286. The molecule has 0 atom stereocenters. The zero-order valence-electron chi connectivity index (χ0n) is 19.0. The van der Waals surface area contributed by atoms with Crippen LogP contribution in [0.2, 0.25) is 0 Å². The van der Waals surface area contributed by atoms with Crippen LogP contribution in [-0.2, 0) is 30.2 Å². The van der Waals surface area contributed by atoms with Gasteiger partial charge >= 0.3 is 6.09 Å². The van der Waals surface area contributed by atoms with Gasteiger partial charge in [-0.3, -0.25) is 0 Å². The minimum atomic E-state index is -0.233. The molecule has 3 aromatic carbocycles. The summed E-state index contributed by atoms with van der Waals surface area (Å²) in [5.74, 6) is 1.08. The van der Waals surface area contributed by atoms with Crippen molar-refractivity contribution in [2.45, 2.75) is 31.3 Å². The van der Waals surface area contributed by atoms with Crippen molar-refractivity contribution in [2.75, 3.05) is 13.1 Å². The van der Waals surface area contributed by atoms with Crippen molar-refractivity contribution in [1.82, 2.24) is 14.5 Å². The molecule has 33 heavy (non-hydrogen) atoms. The van der Waals surface area contributed by atoms with Gasteiger partial charge in [0.05, 0.1) is 11.0 Å². The van der Waals surface area contributed by atoms with Gasteiger partial charge in [-0.1, -0.05) is 72.8 Å². The molecule has 0 saturated carbocycles. The van der Waals surface area contributed by atoms with E-state index in [1.165, 1.54) is 5.56 Å². The molecule has 1 saturated heterocycles. The fourth-order valence-corrected chi connectivity index (χ4v) is 4.94. The van der Waals surface area contributed by atoms with Crippen LogP contribution in [0, 0.1) is 0 Å². The third kappa shape index (κ3) is 4.36. The molecule has 5 heteroatoms. The summed E-state index contributed by atoms with van der Waals surface area (Å²) in [6.45, 7) is 1.65. The Labute approximate surface area is 194 Å². The van der Waals surface area contributed by atoms with Crippen LogP contribution >= 0.6 is 0 Å². The van der Waals surface area contributed by atoms with Crippen LogP contribution in [0.15, 0.2) is 84.9 Å². The molecule has 5 rings (SSSR count). The van der Waals surface area contributed by atoms with E-state index in [0.29, 0.717) is 19.7 Å². The van der Waals surface area contributed by atoms with Gasteiger partial charge in [0.2, 0.25) is 0 Å². The van der Waals surface area contributed by atoms with E-state index in [1.807, 2.05) is 41.3 Å². The van der Waals surface area contributed by atoms with Crippen molar-refractivity contribution in [3.63, 3.8) is 0 Å². The molecule has 0 unspecified atom stereocenters. The molecule has 0 radical (unpaired) electrons. The highest BCUT2D eigenvalue weighted by atomic mass is 16.6. The normalized spacial score (nSPS) is 15.5. The van der Waals surface area contributed by atoms with Crippen LogP contribution in [0.3, 0.4) is 0 Å². The summed E-state index contributed by atoms with van der Waals surface area (Å²) in [5, 5.41) is 0. The molecule has 1 aromatic heterocycles. The molecular formula is C28H29N3O2. The van der Waals surface area contributed by atoms with Crippen molar-refractivity contribution in [1.29, 1.82) is 0 Å². The second-order valence-electron chi connectivity index (χ2n) is 8.93. The van der Waals surface area contributed by atoms with Crippen molar-refractivity contribution in [2.24, 2.45) is 7.05 Å². The van der Waals surface area contributed by atoms with Crippen LogP contribution in [0.1, 0.15) is 29.8 Å². The summed E-state index contributed by atoms with van der Waals surface area (Å²) in [5.41, 5.74) is 4.43. The Morgan fingerprint density at radius 2 is 1.55 bits per heavy atom. The Bertz CT molecular complexity index is 1230. The number of fused-ring (bicyclic) bond motifs is 1. The summed E-state index contributed by atoms with van der Waals surface area (Å²) < 4.78 is 7.80. The van der Waals surface area contributed by atoms with Gasteiger partial charge < -0.3 is 14.2 Å². The van der Waals surface area contributed by atoms with E-state index in [0.717, 1.165) is 41.7 Å². The number of piperidine rings is 1. The maximum atomic E-state index is 12.7. The van der Waals surface area contributed by atoms with Gasteiger partial charge in [0.1, 0.15) is 12.4 Å². The molecule has 1 amide bonds. The Hall–Kier alpha value is -3.60. The summed E-state index contributed by atoms with van der Waals surface area (Å²) >= 11 is 0. The molecule has 0 aliphatic carbocycles. The van der Waals surface area contributed by atoms with Gasteiger partial charge in [-0.25, -0.2) is 9.78 Å². The zero-order chi connectivity index (χ0) is 22.7. The molecule has 2 heterocycles. The molecule has 0 spiro atoms. The van der Waals surface area contributed by atoms with Crippen LogP contribution in [0.5, 0.6) is 0 Å². The lowest BCUT2D eigenvalue weighted by Crippen LogP contribution is -2.46. The van der Waals surface area contributed by atoms with Crippen LogP contribution in [0.4, 0.5) is 4.79 Å². The number of rotatable bonds is 5. The van der Waals surface area contributed by atoms with Gasteiger partial charge in [0.25, 0.3) is 0 Å². The molecule has 0 bridgehead atoms. The van der Waals surface area contributed by atoms with Crippen LogP contribution < -0.4 is 0 Å². The largest absolute Gasteiger partial charge is 0.445 e. The lowest BCUT2D eigenvalue weighted by Gasteiger charge is -2.42. The lowest BCUT2D eigenvalue weighted by atomic mass is 9.70. The van der Waals surface area contributed by atoms with Crippen molar-refractivity contribution >= 4 is 17.1 Å². The first-order valence-corrected chi connectivity index (χ1v) is 11.6. The first kappa shape index (κ1) is 21.3. The van der Waals surface area contributed by atoms with E-state index in [9.17, 15) is 4.79 Å². The molecule has 0 N–H and O–H groups in total. The van der Waals surface area contributed by atoms with Crippen molar-refractivity contribution < 1.29 is 9.53 Å². The number of nitrogens with zero attached hydrogens (tertiary/aromatic N) is 3. The number of hydrogen-bond acceptors (Lipinski definition) is 3. The van der Waals surface area contributed by atoms with Gasteiger partial charge in [0.15, 0.2) is 0 Å². The molecular weight excluding hydrogens is 410 g/mol. The summed E-state index contributed by atoms with van der Waals surface area (Å²) in [4.78, 5) is 19.5. The average molecular weight is 440 g/mol. The highest BCUT2D eigenvalue weighted by Crippen LogP contribution is 2.39. The number of hydrogen-bond donors (Lipinski definition) is 0. The van der Waals surface area contributed by atoms with Gasteiger partial charge in [-0.2, -0.15) is 0 Å². The number of ether oxygens (including phenoxy) is 1. The quantitative estimate of drug-likeness (QED) is 0.413. The summed E-state index contributed by atoms with van der Waals surface area (Å²) in [6.07, 6.45) is 2.36. The number of aryl methyl sites for hydroxylation is 1. The minimum absolute atomic E-state index is 0.0629. The van der Waals surface area contributed by atoms with E-state index in [-0.39, 0.29) is 11.5 Å². The molecule has 1 aliphatic rings. The molecule has 168 valence electrons. The predicted octanol–water partition coefficient (Wildman–Crippen LogP) is 5.49. The van der Waals surface area contributed by atoms with Crippen LogP contribution in [0.25, 0.3) is 11.0 Å². The second-order valence-corrected chi connectivity index (χ2v) is 8.93. The highest BCUT2D eigenvalue weighted by molar-refractivity contribution is 5.75. The highest BCUT2D eigenvalue weighted by Gasteiger charge is 2.39. The van der Waals surface area contributed by atoms with Crippen molar-refractivity contribution in [3.8, 4) is 0 Å². The van der Waals surface area contributed by atoms with Gasteiger partial charge in [-0.15, -0.1) is 0 Å². The number of carbonyl (C=O) groups excluding carboxylic acids is 1. The maximum absolute atomic E-state index is 12.7. The Balaban J connectivity index is 1.34. The first-order chi connectivity index (χ1) is 16.1. The second kappa shape index (κ2) is 9.10. The van der Waals surface area contributed by atoms with E-state index < -0.39 is 0 Å². The fourth-order valence-electron chi connectivity index (χ4n) is 4.94. The predicted molar refractivity (Wildman–Crippen MR) is 130 cm³/mol. The lowest BCUT2D eigenvalue weighted by molar-refractivity contribution is 0.0768. The summed E-state index contributed by atoms with van der Waals surface area (Å²) in [6, 6.07) is 28.8. The minimum Gasteiger partial charge on any atom is -0.445 e. The number of amides is 1. The number of likely N-dealkylation sites (tertiary alicyclic amines) is 1. The molecule has 1 fully saturated rings. The molecule has 5 nitrogen and oxygen atoms in total.